The Labute approximate surface area is 131 Å². The minimum atomic E-state index is -0.550. The summed E-state index contributed by atoms with van der Waals surface area (Å²) in [7, 11) is 0. The van der Waals surface area contributed by atoms with Crippen LogP contribution in [0.15, 0.2) is 48.7 Å². The molecule has 0 saturated heterocycles. The normalized spacial score (nSPS) is 12.9. The van der Waals surface area contributed by atoms with Crippen LogP contribution in [0, 0.1) is 6.92 Å². The standard InChI is InChI=1S/C16H19N3O.ClH/c1-11-6-5-7-13(10-11)15(19-16(20)12(2)17)14-8-3-4-9-18-14;/h3-10,12,15H,17H2,1-2H3,(H,19,20);1H. The summed E-state index contributed by atoms with van der Waals surface area (Å²) in [5, 5.41) is 2.95. The molecule has 21 heavy (non-hydrogen) atoms. The molecule has 1 aromatic heterocycles. The molecule has 112 valence electrons. The fourth-order valence-electron chi connectivity index (χ4n) is 2.00. The van der Waals surface area contributed by atoms with Crippen LogP contribution < -0.4 is 11.1 Å². The first kappa shape index (κ1) is 17.1. The van der Waals surface area contributed by atoms with Gasteiger partial charge in [-0.15, -0.1) is 12.4 Å². The van der Waals surface area contributed by atoms with E-state index >= 15 is 0 Å². The van der Waals surface area contributed by atoms with Gasteiger partial charge in [-0.1, -0.05) is 35.9 Å². The summed E-state index contributed by atoms with van der Waals surface area (Å²) in [5.41, 5.74) is 8.57. The Hall–Kier alpha value is -1.91. The predicted molar refractivity (Wildman–Crippen MR) is 86.3 cm³/mol. The van der Waals surface area contributed by atoms with Gasteiger partial charge in [-0.3, -0.25) is 9.78 Å². The molecule has 0 bridgehead atoms. The number of nitrogens with two attached hydrogens (primary N) is 1. The molecule has 2 rings (SSSR count). The van der Waals surface area contributed by atoms with E-state index < -0.39 is 6.04 Å². The van der Waals surface area contributed by atoms with E-state index in [2.05, 4.69) is 10.3 Å². The molecule has 1 heterocycles. The first-order chi connectivity index (χ1) is 9.58. The molecule has 2 atom stereocenters. The number of carbonyl (C=O) groups excluding carboxylic acids is 1. The van der Waals surface area contributed by atoms with Crippen LogP contribution in [0.1, 0.15) is 29.8 Å². The second-order valence-electron chi connectivity index (χ2n) is 4.90. The predicted octanol–water partition coefficient (Wildman–Crippen LogP) is 2.36. The molecule has 3 N–H and O–H groups in total. The summed E-state index contributed by atoms with van der Waals surface area (Å²) in [6, 6.07) is 12.8. The number of benzene rings is 1. The third-order valence-electron chi connectivity index (χ3n) is 3.06. The number of amides is 1. The van der Waals surface area contributed by atoms with Gasteiger partial charge in [0.05, 0.1) is 17.8 Å². The summed E-state index contributed by atoms with van der Waals surface area (Å²) < 4.78 is 0. The number of aromatic nitrogens is 1. The van der Waals surface area contributed by atoms with Crippen molar-refractivity contribution >= 4 is 18.3 Å². The zero-order chi connectivity index (χ0) is 14.5. The topological polar surface area (TPSA) is 68.0 Å². The molecule has 2 unspecified atom stereocenters. The molecule has 4 nitrogen and oxygen atoms in total. The average Bonchev–Trinajstić information content (AvgIpc) is 2.45. The minimum absolute atomic E-state index is 0. The maximum absolute atomic E-state index is 11.9. The molecule has 0 fully saturated rings. The van der Waals surface area contributed by atoms with Crippen molar-refractivity contribution in [2.45, 2.75) is 25.9 Å². The third-order valence-corrected chi connectivity index (χ3v) is 3.06. The maximum atomic E-state index is 11.9. The van der Waals surface area contributed by atoms with Gasteiger partial charge in [0, 0.05) is 6.20 Å². The van der Waals surface area contributed by atoms with Gasteiger partial charge in [0.15, 0.2) is 0 Å². The first-order valence-corrected chi connectivity index (χ1v) is 6.61. The van der Waals surface area contributed by atoms with E-state index in [0.717, 1.165) is 16.8 Å². The molecule has 0 aliphatic heterocycles. The third kappa shape index (κ3) is 4.55. The van der Waals surface area contributed by atoms with Crippen LogP contribution in [-0.2, 0) is 4.79 Å². The van der Waals surface area contributed by atoms with E-state index in [1.807, 2.05) is 49.4 Å². The van der Waals surface area contributed by atoms with Crippen LogP contribution in [0.25, 0.3) is 0 Å². The van der Waals surface area contributed by atoms with Crippen LogP contribution >= 0.6 is 12.4 Å². The number of nitrogens with one attached hydrogen (secondary N) is 1. The van der Waals surface area contributed by atoms with Crippen LogP contribution in [0.4, 0.5) is 0 Å². The Balaban J connectivity index is 0.00000220. The SMILES string of the molecule is Cc1cccc(C(NC(=O)C(C)N)c2ccccn2)c1.Cl. The van der Waals surface area contributed by atoms with Crippen molar-refractivity contribution in [3.8, 4) is 0 Å². The number of hydrogen-bond acceptors (Lipinski definition) is 3. The van der Waals surface area contributed by atoms with Gasteiger partial charge in [0.1, 0.15) is 0 Å². The van der Waals surface area contributed by atoms with Crippen molar-refractivity contribution in [2.24, 2.45) is 5.73 Å². The van der Waals surface area contributed by atoms with Crippen molar-refractivity contribution in [1.82, 2.24) is 10.3 Å². The van der Waals surface area contributed by atoms with Crippen LogP contribution in [0.3, 0.4) is 0 Å². The highest BCUT2D eigenvalue weighted by molar-refractivity contribution is 5.85. The van der Waals surface area contributed by atoms with Gasteiger partial charge in [0.2, 0.25) is 5.91 Å². The van der Waals surface area contributed by atoms with Gasteiger partial charge >= 0.3 is 0 Å². The number of hydrogen-bond donors (Lipinski definition) is 2. The molecule has 1 aromatic carbocycles. The van der Waals surface area contributed by atoms with Crippen LogP contribution in [-0.4, -0.2) is 16.9 Å². The van der Waals surface area contributed by atoms with E-state index in [4.69, 9.17) is 5.73 Å². The van der Waals surface area contributed by atoms with Crippen molar-refractivity contribution in [2.75, 3.05) is 0 Å². The lowest BCUT2D eigenvalue weighted by atomic mass is 10.0. The lowest BCUT2D eigenvalue weighted by Gasteiger charge is -2.20. The Morgan fingerprint density at radius 2 is 2.00 bits per heavy atom. The monoisotopic (exact) mass is 305 g/mol. The second kappa shape index (κ2) is 7.76. The lowest BCUT2D eigenvalue weighted by molar-refractivity contribution is -0.122. The number of rotatable bonds is 4. The smallest absolute Gasteiger partial charge is 0.237 e. The molecular formula is C16H20ClN3O. The number of halogens is 1. The van der Waals surface area contributed by atoms with Crippen molar-refractivity contribution in [1.29, 1.82) is 0 Å². The fourth-order valence-corrected chi connectivity index (χ4v) is 2.00. The molecule has 0 radical (unpaired) electrons. The van der Waals surface area contributed by atoms with E-state index in [-0.39, 0.29) is 24.4 Å². The van der Waals surface area contributed by atoms with Crippen molar-refractivity contribution in [3.63, 3.8) is 0 Å². The average molecular weight is 306 g/mol. The molecule has 5 heteroatoms. The summed E-state index contributed by atoms with van der Waals surface area (Å²) in [6.07, 6.45) is 1.72. The number of aryl methyl sites for hydroxylation is 1. The summed E-state index contributed by atoms with van der Waals surface area (Å²) in [4.78, 5) is 16.3. The molecule has 0 saturated carbocycles. The molecule has 0 spiro atoms. The molecule has 0 aliphatic carbocycles. The van der Waals surface area contributed by atoms with E-state index in [0.29, 0.717) is 0 Å². The Bertz CT molecular complexity index is 587. The first-order valence-electron chi connectivity index (χ1n) is 6.61. The second-order valence-corrected chi connectivity index (χ2v) is 4.90. The Morgan fingerprint density at radius 3 is 2.57 bits per heavy atom. The summed E-state index contributed by atoms with van der Waals surface area (Å²) >= 11 is 0. The highest BCUT2D eigenvalue weighted by atomic mass is 35.5. The van der Waals surface area contributed by atoms with Gasteiger partial charge in [-0.05, 0) is 31.5 Å². The number of pyridine rings is 1. The molecule has 1 amide bonds. The van der Waals surface area contributed by atoms with Crippen molar-refractivity contribution in [3.05, 3.63) is 65.5 Å². The Kier molecular flexibility index (Phi) is 6.34. The van der Waals surface area contributed by atoms with E-state index in [1.54, 1.807) is 13.1 Å². The van der Waals surface area contributed by atoms with Gasteiger partial charge in [0.25, 0.3) is 0 Å². The van der Waals surface area contributed by atoms with Crippen LogP contribution in [0.5, 0.6) is 0 Å². The van der Waals surface area contributed by atoms with Gasteiger partial charge < -0.3 is 11.1 Å². The molecule has 0 aliphatic rings. The van der Waals surface area contributed by atoms with E-state index in [1.165, 1.54) is 0 Å². The Morgan fingerprint density at radius 1 is 1.24 bits per heavy atom. The number of carbonyl (C=O) groups is 1. The zero-order valence-electron chi connectivity index (χ0n) is 12.1. The van der Waals surface area contributed by atoms with E-state index in [9.17, 15) is 4.79 Å². The quantitative estimate of drug-likeness (QED) is 0.911. The highest BCUT2D eigenvalue weighted by Crippen LogP contribution is 2.21. The van der Waals surface area contributed by atoms with Gasteiger partial charge in [-0.2, -0.15) is 0 Å². The summed E-state index contributed by atoms with van der Waals surface area (Å²) in [5.74, 6) is -0.192. The maximum Gasteiger partial charge on any atom is 0.237 e. The van der Waals surface area contributed by atoms with Crippen LogP contribution in [0.2, 0.25) is 0 Å². The zero-order valence-corrected chi connectivity index (χ0v) is 12.9. The fraction of sp³-hybridized carbons (Fsp3) is 0.250. The molecule has 2 aromatic rings. The minimum Gasteiger partial charge on any atom is -0.342 e. The summed E-state index contributed by atoms with van der Waals surface area (Å²) in [6.45, 7) is 3.69. The number of nitrogens with zero attached hydrogens (tertiary/aromatic N) is 1. The molecular weight excluding hydrogens is 286 g/mol. The van der Waals surface area contributed by atoms with Crippen molar-refractivity contribution < 1.29 is 4.79 Å². The highest BCUT2D eigenvalue weighted by Gasteiger charge is 2.19. The van der Waals surface area contributed by atoms with Gasteiger partial charge in [-0.25, -0.2) is 0 Å². The lowest BCUT2D eigenvalue weighted by Crippen LogP contribution is -2.40. The largest absolute Gasteiger partial charge is 0.342 e.